The normalized spacial score (nSPS) is 12.9. The standard InChI is InChI=1S/C15H18N2O4S/c1-11(15(18)17(2)3)22(19,20)10-14-16-9-13(21-14)12-7-5-4-6-8-12/h4-9,11H,10H2,1-3H3/t11-/m1/s1. The molecule has 0 fully saturated rings. The summed E-state index contributed by atoms with van der Waals surface area (Å²) < 4.78 is 30.0. The molecule has 0 aliphatic carbocycles. The molecule has 0 unspecified atom stereocenters. The molecule has 0 bridgehead atoms. The molecule has 22 heavy (non-hydrogen) atoms. The number of aromatic nitrogens is 1. The van der Waals surface area contributed by atoms with E-state index >= 15 is 0 Å². The minimum absolute atomic E-state index is 0.0808. The highest BCUT2D eigenvalue weighted by Crippen LogP contribution is 2.21. The number of hydrogen-bond acceptors (Lipinski definition) is 5. The van der Waals surface area contributed by atoms with Gasteiger partial charge in [0.25, 0.3) is 0 Å². The van der Waals surface area contributed by atoms with Crippen molar-refractivity contribution in [2.75, 3.05) is 14.1 Å². The third-order valence-electron chi connectivity index (χ3n) is 3.26. The molecule has 1 aromatic carbocycles. The molecule has 6 nitrogen and oxygen atoms in total. The lowest BCUT2D eigenvalue weighted by atomic mass is 10.2. The number of hydrogen-bond donors (Lipinski definition) is 0. The second kappa shape index (κ2) is 6.31. The molecule has 7 heteroatoms. The average molecular weight is 322 g/mol. The summed E-state index contributed by atoms with van der Waals surface area (Å²) in [5.41, 5.74) is 0.816. The lowest BCUT2D eigenvalue weighted by Crippen LogP contribution is -2.37. The van der Waals surface area contributed by atoms with Gasteiger partial charge < -0.3 is 9.32 Å². The van der Waals surface area contributed by atoms with Gasteiger partial charge in [0.05, 0.1) is 6.20 Å². The predicted molar refractivity (Wildman–Crippen MR) is 82.7 cm³/mol. The first-order chi connectivity index (χ1) is 10.3. The van der Waals surface area contributed by atoms with Gasteiger partial charge in [0, 0.05) is 19.7 Å². The summed E-state index contributed by atoms with van der Waals surface area (Å²) in [7, 11) is -0.632. The minimum Gasteiger partial charge on any atom is -0.440 e. The maximum absolute atomic E-state index is 12.2. The molecule has 0 aliphatic rings. The lowest BCUT2D eigenvalue weighted by Gasteiger charge is -2.16. The predicted octanol–water partition coefficient (Wildman–Crippen LogP) is 1.73. The van der Waals surface area contributed by atoms with Crippen LogP contribution in [0.25, 0.3) is 11.3 Å². The fourth-order valence-corrected chi connectivity index (χ4v) is 3.17. The molecule has 2 aromatic rings. The van der Waals surface area contributed by atoms with Crippen LogP contribution in [0.4, 0.5) is 0 Å². The summed E-state index contributed by atoms with van der Waals surface area (Å²) in [5, 5.41) is -1.13. The van der Waals surface area contributed by atoms with Gasteiger partial charge >= 0.3 is 0 Å². The van der Waals surface area contributed by atoms with Gasteiger partial charge in [-0.2, -0.15) is 0 Å². The van der Waals surface area contributed by atoms with Crippen LogP contribution in [0.3, 0.4) is 0 Å². The van der Waals surface area contributed by atoms with Crippen molar-refractivity contribution < 1.29 is 17.6 Å². The Hall–Kier alpha value is -2.15. The largest absolute Gasteiger partial charge is 0.440 e. The smallest absolute Gasteiger partial charge is 0.240 e. The Balaban J connectivity index is 2.18. The second-order valence-corrected chi connectivity index (χ2v) is 7.49. The number of nitrogens with zero attached hydrogens (tertiary/aromatic N) is 2. The van der Waals surface area contributed by atoms with Crippen LogP contribution in [0.5, 0.6) is 0 Å². The van der Waals surface area contributed by atoms with Crippen LogP contribution in [0.2, 0.25) is 0 Å². The zero-order valence-electron chi connectivity index (χ0n) is 12.7. The summed E-state index contributed by atoms with van der Waals surface area (Å²) in [6, 6.07) is 9.27. The van der Waals surface area contributed by atoms with E-state index < -0.39 is 26.7 Å². The number of sulfone groups is 1. The number of amides is 1. The SMILES string of the molecule is C[C@H](C(=O)N(C)C)S(=O)(=O)Cc1ncc(-c2ccccc2)o1. The Labute approximate surface area is 129 Å². The van der Waals surface area contributed by atoms with E-state index in [1.165, 1.54) is 32.1 Å². The zero-order chi connectivity index (χ0) is 16.3. The van der Waals surface area contributed by atoms with Crippen molar-refractivity contribution >= 4 is 15.7 Å². The van der Waals surface area contributed by atoms with Crippen LogP contribution in [0.15, 0.2) is 40.9 Å². The van der Waals surface area contributed by atoms with Crippen LogP contribution in [-0.4, -0.2) is 43.6 Å². The van der Waals surface area contributed by atoms with Crippen LogP contribution in [-0.2, 0) is 20.4 Å². The number of benzene rings is 1. The Bertz CT molecular complexity index is 751. The first-order valence-electron chi connectivity index (χ1n) is 6.74. The van der Waals surface area contributed by atoms with E-state index in [1.54, 1.807) is 0 Å². The molecule has 0 saturated heterocycles. The van der Waals surface area contributed by atoms with E-state index in [4.69, 9.17) is 4.42 Å². The second-order valence-electron chi connectivity index (χ2n) is 5.17. The Kier molecular flexibility index (Phi) is 4.65. The summed E-state index contributed by atoms with van der Waals surface area (Å²) in [5.74, 6) is -0.287. The molecule has 0 spiro atoms. The first kappa shape index (κ1) is 16.2. The fraction of sp³-hybridized carbons (Fsp3) is 0.333. The monoisotopic (exact) mass is 322 g/mol. The van der Waals surface area contributed by atoms with Crippen molar-refractivity contribution in [2.24, 2.45) is 0 Å². The molecule has 0 aliphatic heterocycles. The van der Waals surface area contributed by atoms with E-state index in [1.807, 2.05) is 30.3 Å². The van der Waals surface area contributed by atoms with E-state index in [0.717, 1.165) is 5.56 Å². The topological polar surface area (TPSA) is 80.5 Å². The van der Waals surface area contributed by atoms with E-state index in [-0.39, 0.29) is 5.89 Å². The van der Waals surface area contributed by atoms with Crippen molar-refractivity contribution in [2.45, 2.75) is 17.9 Å². The molecule has 0 radical (unpaired) electrons. The quantitative estimate of drug-likeness (QED) is 0.837. The Morgan fingerprint density at radius 3 is 2.50 bits per heavy atom. The third-order valence-corrected chi connectivity index (χ3v) is 5.19. The van der Waals surface area contributed by atoms with Crippen molar-refractivity contribution in [3.8, 4) is 11.3 Å². The van der Waals surface area contributed by atoms with Crippen molar-refractivity contribution in [3.63, 3.8) is 0 Å². The summed E-state index contributed by atoms with van der Waals surface area (Å²) in [6.45, 7) is 1.37. The van der Waals surface area contributed by atoms with Gasteiger partial charge in [-0.05, 0) is 6.92 Å². The van der Waals surface area contributed by atoms with Gasteiger partial charge in [-0.25, -0.2) is 13.4 Å². The van der Waals surface area contributed by atoms with Crippen molar-refractivity contribution in [3.05, 3.63) is 42.4 Å². The number of rotatable bonds is 5. The molecular weight excluding hydrogens is 304 g/mol. The third kappa shape index (κ3) is 3.54. The summed E-state index contributed by atoms with van der Waals surface area (Å²) >= 11 is 0. The molecule has 1 aromatic heterocycles. The van der Waals surface area contributed by atoms with Crippen LogP contribution < -0.4 is 0 Å². The van der Waals surface area contributed by atoms with Gasteiger partial charge in [-0.1, -0.05) is 30.3 Å². The van der Waals surface area contributed by atoms with E-state index in [0.29, 0.717) is 5.76 Å². The molecule has 0 saturated carbocycles. The fourth-order valence-electron chi connectivity index (χ4n) is 1.93. The van der Waals surface area contributed by atoms with Gasteiger partial charge in [-0.15, -0.1) is 0 Å². The van der Waals surface area contributed by atoms with E-state index in [2.05, 4.69) is 4.98 Å². The Morgan fingerprint density at radius 2 is 1.91 bits per heavy atom. The summed E-state index contributed by atoms with van der Waals surface area (Å²) in [4.78, 5) is 17.1. The lowest BCUT2D eigenvalue weighted by molar-refractivity contribution is -0.127. The summed E-state index contributed by atoms with van der Waals surface area (Å²) in [6.07, 6.45) is 1.48. The van der Waals surface area contributed by atoms with Gasteiger partial charge in [0.2, 0.25) is 11.8 Å². The van der Waals surface area contributed by atoms with Crippen LogP contribution >= 0.6 is 0 Å². The Morgan fingerprint density at radius 1 is 1.27 bits per heavy atom. The maximum atomic E-state index is 12.2. The van der Waals surface area contributed by atoms with E-state index in [9.17, 15) is 13.2 Å². The van der Waals surface area contributed by atoms with Crippen molar-refractivity contribution in [1.29, 1.82) is 0 Å². The molecule has 1 atom stereocenters. The first-order valence-corrected chi connectivity index (χ1v) is 8.45. The maximum Gasteiger partial charge on any atom is 0.240 e. The molecular formula is C15H18N2O4S. The molecule has 2 rings (SSSR count). The highest BCUT2D eigenvalue weighted by atomic mass is 32.2. The number of carbonyl (C=O) groups is 1. The molecule has 0 N–H and O–H groups in total. The van der Waals surface area contributed by atoms with Gasteiger partial charge in [-0.3, -0.25) is 4.79 Å². The minimum atomic E-state index is -3.67. The van der Waals surface area contributed by atoms with Crippen LogP contribution in [0.1, 0.15) is 12.8 Å². The van der Waals surface area contributed by atoms with Crippen LogP contribution in [0, 0.1) is 0 Å². The number of carbonyl (C=O) groups excluding carboxylic acids is 1. The van der Waals surface area contributed by atoms with Gasteiger partial charge in [0.15, 0.2) is 15.6 Å². The zero-order valence-corrected chi connectivity index (χ0v) is 13.5. The van der Waals surface area contributed by atoms with Crippen molar-refractivity contribution in [1.82, 2.24) is 9.88 Å². The molecule has 118 valence electrons. The average Bonchev–Trinajstić information content (AvgIpc) is 2.94. The molecule has 1 amide bonds. The number of oxazole rings is 1. The highest BCUT2D eigenvalue weighted by Gasteiger charge is 2.30. The highest BCUT2D eigenvalue weighted by molar-refractivity contribution is 7.92. The molecule has 1 heterocycles. The van der Waals surface area contributed by atoms with Gasteiger partial charge in [0.1, 0.15) is 11.0 Å².